The summed E-state index contributed by atoms with van der Waals surface area (Å²) in [7, 11) is 0. The SMILES string of the molecule is Cc1ccc(-c2cc(C(=O)N3CCN(C4CCCCC4)CC3)[nH]n2)cc1C. The molecule has 0 spiro atoms. The largest absolute Gasteiger partial charge is 0.335 e. The summed E-state index contributed by atoms with van der Waals surface area (Å²) >= 11 is 0. The van der Waals surface area contributed by atoms with Gasteiger partial charge in [-0.05, 0) is 49.9 Å². The van der Waals surface area contributed by atoms with E-state index in [1.54, 1.807) is 0 Å². The van der Waals surface area contributed by atoms with E-state index in [2.05, 4.69) is 47.1 Å². The first kappa shape index (κ1) is 18.2. The van der Waals surface area contributed by atoms with Gasteiger partial charge in [-0.1, -0.05) is 31.4 Å². The Hall–Kier alpha value is -2.14. The number of benzene rings is 1. The molecule has 1 aromatic heterocycles. The summed E-state index contributed by atoms with van der Waals surface area (Å²) in [4.78, 5) is 17.4. The molecule has 1 saturated heterocycles. The summed E-state index contributed by atoms with van der Waals surface area (Å²) in [5.41, 5.74) is 4.98. The second-order valence-corrected chi connectivity index (χ2v) is 8.09. The number of aromatic nitrogens is 2. The number of hydrogen-bond acceptors (Lipinski definition) is 3. The number of aryl methyl sites for hydroxylation is 2. The van der Waals surface area contributed by atoms with Gasteiger partial charge in [0.05, 0.1) is 5.69 Å². The molecule has 1 amide bonds. The Bertz CT molecular complexity index is 798. The molecule has 0 unspecified atom stereocenters. The van der Waals surface area contributed by atoms with Gasteiger partial charge in [-0.25, -0.2) is 0 Å². The molecule has 1 aromatic carbocycles. The Labute approximate surface area is 161 Å². The maximum Gasteiger partial charge on any atom is 0.271 e. The Morgan fingerprint density at radius 3 is 2.44 bits per heavy atom. The van der Waals surface area contributed by atoms with Crippen LogP contribution in [0.2, 0.25) is 0 Å². The van der Waals surface area contributed by atoms with Crippen molar-refractivity contribution in [3.8, 4) is 11.3 Å². The van der Waals surface area contributed by atoms with Gasteiger partial charge in [0.1, 0.15) is 5.69 Å². The Morgan fingerprint density at radius 1 is 1.00 bits per heavy atom. The first-order valence-corrected chi connectivity index (χ1v) is 10.3. The number of carbonyl (C=O) groups excluding carboxylic acids is 1. The van der Waals surface area contributed by atoms with Crippen LogP contribution in [0.4, 0.5) is 0 Å². The second-order valence-electron chi connectivity index (χ2n) is 8.09. The summed E-state index contributed by atoms with van der Waals surface area (Å²) in [6, 6.07) is 8.92. The maximum atomic E-state index is 12.9. The van der Waals surface area contributed by atoms with E-state index in [1.807, 2.05) is 11.0 Å². The smallest absolute Gasteiger partial charge is 0.271 e. The number of nitrogens with one attached hydrogen (secondary N) is 1. The minimum absolute atomic E-state index is 0.0703. The monoisotopic (exact) mass is 366 g/mol. The number of nitrogens with zero attached hydrogens (tertiary/aromatic N) is 3. The van der Waals surface area contributed by atoms with Crippen LogP contribution >= 0.6 is 0 Å². The van der Waals surface area contributed by atoms with Crippen LogP contribution in [-0.2, 0) is 0 Å². The number of carbonyl (C=O) groups is 1. The highest BCUT2D eigenvalue weighted by Crippen LogP contribution is 2.24. The lowest BCUT2D eigenvalue weighted by atomic mass is 9.94. The van der Waals surface area contributed by atoms with E-state index >= 15 is 0 Å². The van der Waals surface area contributed by atoms with Gasteiger partial charge in [0.2, 0.25) is 0 Å². The van der Waals surface area contributed by atoms with Crippen molar-refractivity contribution in [1.29, 1.82) is 0 Å². The van der Waals surface area contributed by atoms with Gasteiger partial charge in [0, 0.05) is 37.8 Å². The zero-order valence-corrected chi connectivity index (χ0v) is 16.5. The Morgan fingerprint density at radius 2 is 1.74 bits per heavy atom. The minimum atomic E-state index is 0.0703. The molecular weight excluding hydrogens is 336 g/mol. The molecule has 0 radical (unpaired) electrons. The maximum absolute atomic E-state index is 12.9. The first-order chi connectivity index (χ1) is 13.1. The molecular formula is C22H30N4O. The molecule has 2 aromatic rings. The summed E-state index contributed by atoms with van der Waals surface area (Å²) in [5, 5.41) is 7.33. The van der Waals surface area contributed by atoms with Crippen LogP contribution in [0.5, 0.6) is 0 Å². The van der Waals surface area contributed by atoms with Crippen LogP contribution in [0.1, 0.15) is 53.7 Å². The standard InChI is InChI=1S/C22H30N4O/c1-16-8-9-18(14-17(16)2)20-15-21(24-23-20)22(27)26-12-10-25(11-13-26)19-6-4-3-5-7-19/h8-9,14-15,19H,3-7,10-13H2,1-2H3,(H,23,24). The van der Waals surface area contributed by atoms with Crippen molar-refractivity contribution < 1.29 is 4.79 Å². The van der Waals surface area contributed by atoms with E-state index < -0.39 is 0 Å². The van der Waals surface area contributed by atoms with Gasteiger partial charge in [-0.2, -0.15) is 5.10 Å². The first-order valence-electron chi connectivity index (χ1n) is 10.3. The molecule has 5 nitrogen and oxygen atoms in total. The highest BCUT2D eigenvalue weighted by atomic mass is 16.2. The molecule has 1 aliphatic carbocycles. The van der Waals surface area contributed by atoms with Gasteiger partial charge >= 0.3 is 0 Å². The van der Waals surface area contributed by atoms with Gasteiger partial charge in [0.25, 0.3) is 5.91 Å². The average molecular weight is 367 g/mol. The fourth-order valence-electron chi connectivity index (χ4n) is 4.39. The van der Waals surface area contributed by atoms with Crippen molar-refractivity contribution in [1.82, 2.24) is 20.0 Å². The fourth-order valence-corrected chi connectivity index (χ4v) is 4.39. The molecule has 4 rings (SSSR count). The third-order valence-corrected chi connectivity index (χ3v) is 6.30. The van der Waals surface area contributed by atoms with Crippen LogP contribution in [-0.4, -0.2) is 58.1 Å². The van der Waals surface area contributed by atoms with Crippen molar-refractivity contribution >= 4 is 5.91 Å². The van der Waals surface area contributed by atoms with E-state index in [9.17, 15) is 4.79 Å². The minimum Gasteiger partial charge on any atom is -0.335 e. The van der Waals surface area contributed by atoms with E-state index in [0.717, 1.165) is 43.5 Å². The molecule has 2 fully saturated rings. The quantitative estimate of drug-likeness (QED) is 0.899. The molecule has 1 N–H and O–H groups in total. The summed E-state index contributed by atoms with van der Waals surface area (Å²) in [5.74, 6) is 0.0703. The predicted octanol–water partition coefficient (Wildman–Crippen LogP) is 3.78. The highest BCUT2D eigenvalue weighted by Gasteiger charge is 2.28. The van der Waals surface area contributed by atoms with Crippen molar-refractivity contribution in [3.63, 3.8) is 0 Å². The van der Waals surface area contributed by atoms with Crippen molar-refractivity contribution in [2.45, 2.75) is 52.0 Å². The van der Waals surface area contributed by atoms with E-state index in [-0.39, 0.29) is 5.91 Å². The van der Waals surface area contributed by atoms with Gasteiger partial charge in [0.15, 0.2) is 0 Å². The van der Waals surface area contributed by atoms with E-state index in [1.165, 1.54) is 43.2 Å². The van der Waals surface area contributed by atoms with E-state index in [0.29, 0.717) is 5.69 Å². The lowest BCUT2D eigenvalue weighted by Gasteiger charge is -2.40. The van der Waals surface area contributed by atoms with Crippen molar-refractivity contribution in [2.24, 2.45) is 0 Å². The van der Waals surface area contributed by atoms with Crippen LogP contribution < -0.4 is 0 Å². The molecule has 0 bridgehead atoms. The number of hydrogen-bond donors (Lipinski definition) is 1. The lowest BCUT2D eigenvalue weighted by Crippen LogP contribution is -2.52. The summed E-state index contributed by atoms with van der Waals surface area (Å²) in [6.45, 7) is 7.82. The van der Waals surface area contributed by atoms with Crippen molar-refractivity contribution in [2.75, 3.05) is 26.2 Å². The van der Waals surface area contributed by atoms with Crippen LogP contribution in [0.3, 0.4) is 0 Å². The predicted molar refractivity (Wildman–Crippen MR) is 108 cm³/mol. The van der Waals surface area contributed by atoms with Gasteiger partial charge < -0.3 is 4.90 Å². The third kappa shape index (κ3) is 3.93. The molecule has 5 heteroatoms. The topological polar surface area (TPSA) is 52.2 Å². The molecule has 0 atom stereocenters. The van der Waals surface area contributed by atoms with E-state index in [4.69, 9.17) is 0 Å². The highest BCUT2D eigenvalue weighted by molar-refractivity contribution is 5.93. The molecule has 2 heterocycles. The number of aromatic amines is 1. The number of piperazine rings is 1. The second kappa shape index (κ2) is 7.85. The zero-order chi connectivity index (χ0) is 18.8. The number of amides is 1. The van der Waals surface area contributed by atoms with Crippen LogP contribution in [0.15, 0.2) is 24.3 Å². The zero-order valence-electron chi connectivity index (χ0n) is 16.5. The molecule has 144 valence electrons. The Balaban J connectivity index is 1.39. The molecule has 1 aliphatic heterocycles. The van der Waals surface area contributed by atoms with Gasteiger partial charge in [-0.3, -0.25) is 14.8 Å². The van der Waals surface area contributed by atoms with Crippen molar-refractivity contribution in [3.05, 3.63) is 41.1 Å². The molecule has 1 saturated carbocycles. The van der Waals surface area contributed by atoms with Crippen LogP contribution in [0, 0.1) is 13.8 Å². The molecule has 2 aliphatic rings. The van der Waals surface area contributed by atoms with Gasteiger partial charge in [-0.15, -0.1) is 0 Å². The fraction of sp³-hybridized carbons (Fsp3) is 0.545. The number of rotatable bonds is 3. The summed E-state index contributed by atoms with van der Waals surface area (Å²) < 4.78 is 0. The normalized spacial score (nSPS) is 19.4. The van der Waals surface area contributed by atoms with Crippen LogP contribution in [0.25, 0.3) is 11.3 Å². The average Bonchev–Trinajstić information content (AvgIpc) is 3.20. The lowest BCUT2D eigenvalue weighted by molar-refractivity contribution is 0.0518. The number of H-pyrrole nitrogens is 1. The Kier molecular flexibility index (Phi) is 5.30. The third-order valence-electron chi connectivity index (χ3n) is 6.30. The molecule has 27 heavy (non-hydrogen) atoms. The summed E-state index contributed by atoms with van der Waals surface area (Å²) in [6.07, 6.45) is 6.76.